The van der Waals surface area contributed by atoms with Gasteiger partial charge in [-0.2, -0.15) is 0 Å². The van der Waals surface area contributed by atoms with Crippen molar-refractivity contribution in [3.05, 3.63) is 108 Å². The van der Waals surface area contributed by atoms with Crippen LogP contribution in [0.4, 0.5) is 0 Å². The number of H-pyrrole nitrogens is 1. The second-order valence-electron chi connectivity index (χ2n) is 7.13. The first-order valence-electron chi connectivity index (χ1n) is 9.99. The van der Waals surface area contributed by atoms with Gasteiger partial charge in [-0.3, -0.25) is 14.3 Å². The van der Waals surface area contributed by atoms with Crippen LogP contribution in [0, 0.1) is 6.92 Å². The van der Waals surface area contributed by atoms with Crippen LogP contribution in [-0.4, -0.2) is 16.2 Å². The molecule has 0 spiro atoms. The predicted octanol–water partition coefficient (Wildman–Crippen LogP) is 5.13. The third-order valence-corrected chi connectivity index (χ3v) is 7.20. The number of rotatable bonds is 8. The Kier molecular flexibility index (Phi) is 8.23. The molecule has 0 amide bonds. The van der Waals surface area contributed by atoms with Crippen LogP contribution in [0.3, 0.4) is 0 Å². The Bertz CT molecular complexity index is 1200. The van der Waals surface area contributed by atoms with Crippen molar-refractivity contribution >= 4 is 36.3 Å². The van der Waals surface area contributed by atoms with E-state index < -0.39 is 5.69 Å². The Morgan fingerprint density at radius 1 is 1.03 bits per heavy atom. The van der Waals surface area contributed by atoms with E-state index in [9.17, 15) is 9.59 Å². The molecule has 1 heterocycles. The smallest absolute Gasteiger partial charge is 0.330 e. The highest BCUT2D eigenvalue weighted by molar-refractivity contribution is 9.16. The summed E-state index contributed by atoms with van der Waals surface area (Å²) < 4.78 is 9.09. The van der Waals surface area contributed by atoms with Crippen LogP contribution in [0.5, 0.6) is 0 Å². The van der Waals surface area contributed by atoms with Crippen molar-refractivity contribution in [2.24, 2.45) is 0 Å². The topological polar surface area (TPSA) is 64.1 Å². The second kappa shape index (κ2) is 10.9. The molecule has 0 saturated heterocycles. The van der Waals surface area contributed by atoms with Crippen molar-refractivity contribution < 1.29 is 4.74 Å². The SMILES string of the molecule is CCc1c(Cc2ccccc2C)n(COC/C(Br)=C(\Br)c2ccccc2)c(=O)[nH]c1=O. The first-order chi connectivity index (χ1) is 14.9. The summed E-state index contributed by atoms with van der Waals surface area (Å²) in [6, 6.07) is 17.8. The molecule has 0 unspecified atom stereocenters. The summed E-state index contributed by atoms with van der Waals surface area (Å²) >= 11 is 7.14. The van der Waals surface area contributed by atoms with Gasteiger partial charge in [-0.1, -0.05) is 77.5 Å². The van der Waals surface area contributed by atoms with Gasteiger partial charge in [-0.15, -0.1) is 0 Å². The first-order valence-corrected chi connectivity index (χ1v) is 11.6. The molecule has 3 rings (SSSR count). The molecule has 1 N–H and O–H groups in total. The maximum absolute atomic E-state index is 12.6. The maximum atomic E-state index is 12.6. The minimum atomic E-state index is -0.465. The van der Waals surface area contributed by atoms with E-state index in [1.54, 1.807) is 0 Å². The minimum absolute atomic E-state index is 0.0357. The lowest BCUT2D eigenvalue weighted by atomic mass is 10.0. The van der Waals surface area contributed by atoms with E-state index in [2.05, 4.69) is 36.8 Å². The Morgan fingerprint density at radius 2 is 1.71 bits per heavy atom. The molecule has 0 aliphatic carbocycles. The minimum Gasteiger partial charge on any atom is -0.355 e. The van der Waals surface area contributed by atoms with Crippen molar-refractivity contribution in [1.82, 2.24) is 9.55 Å². The monoisotopic (exact) mass is 546 g/mol. The lowest BCUT2D eigenvalue weighted by molar-refractivity contribution is 0.0932. The van der Waals surface area contributed by atoms with Gasteiger partial charge >= 0.3 is 5.69 Å². The van der Waals surface area contributed by atoms with Gasteiger partial charge in [0, 0.05) is 26.6 Å². The fraction of sp³-hybridized carbons (Fsp3) is 0.250. The number of aromatic amines is 1. The number of ether oxygens (including phenoxy) is 1. The lowest BCUT2D eigenvalue weighted by Crippen LogP contribution is -2.36. The zero-order valence-corrected chi connectivity index (χ0v) is 20.6. The number of hydrogen-bond acceptors (Lipinski definition) is 3. The molecule has 5 nitrogen and oxygen atoms in total. The van der Waals surface area contributed by atoms with E-state index >= 15 is 0 Å². The highest BCUT2D eigenvalue weighted by Crippen LogP contribution is 2.28. The third-order valence-electron chi connectivity index (χ3n) is 5.10. The Morgan fingerprint density at radius 3 is 2.39 bits per heavy atom. The van der Waals surface area contributed by atoms with Crippen LogP contribution in [0.2, 0.25) is 0 Å². The fourth-order valence-corrected chi connectivity index (χ4v) is 4.15. The summed E-state index contributed by atoms with van der Waals surface area (Å²) in [4.78, 5) is 27.5. The van der Waals surface area contributed by atoms with Gasteiger partial charge in [0.1, 0.15) is 6.73 Å². The summed E-state index contributed by atoms with van der Waals surface area (Å²) in [7, 11) is 0. The van der Waals surface area contributed by atoms with E-state index in [1.807, 2.05) is 68.4 Å². The summed E-state index contributed by atoms with van der Waals surface area (Å²) in [6.07, 6.45) is 1.02. The molecule has 3 aromatic rings. The van der Waals surface area contributed by atoms with E-state index in [4.69, 9.17) is 4.74 Å². The zero-order chi connectivity index (χ0) is 22.4. The van der Waals surface area contributed by atoms with Gasteiger partial charge in [-0.25, -0.2) is 4.79 Å². The molecule has 0 bridgehead atoms. The second-order valence-corrected chi connectivity index (χ2v) is 8.88. The molecule has 162 valence electrons. The largest absolute Gasteiger partial charge is 0.355 e. The number of hydrogen-bond donors (Lipinski definition) is 1. The van der Waals surface area contributed by atoms with Gasteiger partial charge in [0.15, 0.2) is 0 Å². The Balaban J connectivity index is 1.88. The maximum Gasteiger partial charge on any atom is 0.330 e. The number of halogens is 2. The summed E-state index contributed by atoms with van der Waals surface area (Å²) in [5, 5.41) is 0. The molecule has 31 heavy (non-hydrogen) atoms. The highest BCUT2D eigenvalue weighted by atomic mass is 79.9. The highest BCUT2D eigenvalue weighted by Gasteiger charge is 2.15. The molecule has 0 saturated carbocycles. The van der Waals surface area contributed by atoms with Gasteiger partial charge in [0.25, 0.3) is 5.56 Å². The van der Waals surface area contributed by atoms with Crippen LogP contribution in [0.1, 0.15) is 34.9 Å². The Labute approximate surface area is 198 Å². The summed E-state index contributed by atoms with van der Waals surface area (Å²) in [6.45, 7) is 4.24. The normalized spacial score (nSPS) is 12.0. The molecule has 0 aliphatic heterocycles. The van der Waals surface area contributed by atoms with Gasteiger partial charge < -0.3 is 4.74 Å². The molecule has 0 aliphatic rings. The molecule has 2 aromatic carbocycles. The van der Waals surface area contributed by atoms with Crippen molar-refractivity contribution in [3.63, 3.8) is 0 Å². The van der Waals surface area contributed by atoms with E-state index in [0.717, 1.165) is 25.7 Å². The molecule has 1 aromatic heterocycles. The average Bonchev–Trinajstić information content (AvgIpc) is 2.77. The van der Waals surface area contributed by atoms with Crippen LogP contribution < -0.4 is 11.2 Å². The molecule has 0 fully saturated rings. The summed E-state index contributed by atoms with van der Waals surface area (Å²) in [5.41, 5.74) is 3.70. The predicted molar refractivity (Wildman–Crippen MR) is 132 cm³/mol. The van der Waals surface area contributed by atoms with Crippen molar-refractivity contribution in [1.29, 1.82) is 0 Å². The van der Waals surface area contributed by atoms with E-state index in [-0.39, 0.29) is 18.9 Å². The molecular weight excluding hydrogens is 524 g/mol. The quantitative estimate of drug-likeness (QED) is 0.425. The fourth-order valence-electron chi connectivity index (χ4n) is 3.38. The zero-order valence-electron chi connectivity index (χ0n) is 17.5. The molecule has 0 atom stereocenters. The van der Waals surface area contributed by atoms with Crippen LogP contribution in [0.15, 0.2) is 68.7 Å². The van der Waals surface area contributed by atoms with Gasteiger partial charge in [-0.05, 0) is 46.0 Å². The number of benzene rings is 2. The number of aromatic nitrogens is 2. The van der Waals surface area contributed by atoms with Gasteiger partial charge in [0.05, 0.1) is 6.61 Å². The third kappa shape index (κ3) is 5.73. The van der Waals surface area contributed by atoms with Crippen LogP contribution in [0.25, 0.3) is 4.48 Å². The lowest BCUT2D eigenvalue weighted by Gasteiger charge is -2.17. The van der Waals surface area contributed by atoms with Gasteiger partial charge in [0.2, 0.25) is 0 Å². The van der Waals surface area contributed by atoms with Crippen molar-refractivity contribution in [2.75, 3.05) is 6.61 Å². The molecule has 0 radical (unpaired) electrons. The Hall–Kier alpha value is -2.22. The van der Waals surface area contributed by atoms with Crippen molar-refractivity contribution in [3.8, 4) is 0 Å². The van der Waals surface area contributed by atoms with Crippen molar-refractivity contribution in [2.45, 2.75) is 33.4 Å². The average molecular weight is 548 g/mol. The van der Waals surface area contributed by atoms with Crippen LogP contribution >= 0.6 is 31.9 Å². The van der Waals surface area contributed by atoms with E-state index in [0.29, 0.717) is 24.1 Å². The number of nitrogens with zero attached hydrogens (tertiary/aromatic N) is 1. The molecule has 7 heteroatoms. The number of nitrogens with one attached hydrogen (secondary N) is 1. The standard InChI is InChI=1S/C24H24Br2N2O3/c1-3-19-21(13-18-12-8-7-9-16(18)2)28(24(30)27-23(19)29)15-31-14-20(25)22(26)17-10-5-4-6-11-17/h4-12H,3,13-15H2,1-2H3,(H,27,29,30)/b22-20+. The van der Waals surface area contributed by atoms with E-state index in [1.165, 1.54) is 4.57 Å². The van der Waals surface area contributed by atoms with Crippen LogP contribution in [-0.2, 0) is 24.3 Å². The summed E-state index contributed by atoms with van der Waals surface area (Å²) in [5.74, 6) is 0. The first kappa shape index (κ1) is 23.4. The molecular formula is C24H24Br2N2O3. The number of aryl methyl sites for hydroxylation is 1.